The van der Waals surface area contributed by atoms with Gasteiger partial charge in [-0.05, 0) is 35.4 Å². The number of carbonyl (C=O) groups excluding carboxylic acids is 1. The molecule has 20 heavy (non-hydrogen) atoms. The molecule has 1 heterocycles. The van der Waals surface area contributed by atoms with Gasteiger partial charge < -0.3 is 0 Å². The van der Waals surface area contributed by atoms with Crippen LogP contribution in [0.4, 0.5) is 0 Å². The fourth-order valence-corrected chi connectivity index (χ4v) is 2.32. The third kappa shape index (κ3) is 2.45. The Bertz CT molecular complexity index is 777. The predicted molar refractivity (Wildman–Crippen MR) is 81.0 cm³/mol. The van der Waals surface area contributed by atoms with E-state index in [9.17, 15) is 4.79 Å². The molecule has 0 spiro atoms. The van der Waals surface area contributed by atoms with E-state index in [1.165, 1.54) is 0 Å². The second-order valence-electron chi connectivity index (χ2n) is 4.93. The number of hydrogen-bond donors (Lipinski definition) is 0. The minimum absolute atomic E-state index is 0.109. The van der Waals surface area contributed by atoms with Crippen molar-refractivity contribution >= 4 is 16.6 Å². The van der Waals surface area contributed by atoms with Crippen LogP contribution in [0.25, 0.3) is 10.8 Å². The van der Waals surface area contributed by atoms with Gasteiger partial charge in [0.15, 0.2) is 5.78 Å². The number of aromatic nitrogens is 1. The highest BCUT2D eigenvalue weighted by molar-refractivity contribution is 6.00. The van der Waals surface area contributed by atoms with Crippen LogP contribution in [0.2, 0.25) is 0 Å². The molecule has 3 rings (SSSR count). The van der Waals surface area contributed by atoms with E-state index < -0.39 is 0 Å². The SMILES string of the molecule is Cc1cccnc1CC(=O)c1ccc2ccccc2c1. The Morgan fingerprint density at radius 3 is 2.60 bits per heavy atom. The largest absolute Gasteiger partial charge is 0.294 e. The van der Waals surface area contributed by atoms with Crippen LogP contribution < -0.4 is 0 Å². The number of ketones is 1. The van der Waals surface area contributed by atoms with Crippen LogP contribution in [0.15, 0.2) is 60.8 Å². The number of fused-ring (bicyclic) bond motifs is 1. The van der Waals surface area contributed by atoms with E-state index in [0.717, 1.165) is 27.6 Å². The maximum absolute atomic E-state index is 12.4. The zero-order valence-corrected chi connectivity index (χ0v) is 11.3. The Labute approximate surface area is 118 Å². The Hall–Kier alpha value is -2.48. The number of hydrogen-bond acceptors (Lipinski definition) is 2. The van der Waals surface area contributed by atoms with Crippen LogP contribution in [-0.4, -0.2) is 10.8 Å². The van der Waals surface area contributed by atoms with E-state index in [4.69, 9.17) is 0 Å². The second-order valence-corrected chi connectivity index (χ2v) is 4.93. The molecule has 0 aliphatic heterocycles. The van der Waals surface area contributed by atoms with Gasteiger partial charge in [0.25, 0.3) is 0 Å². The molecule has 1 aromatic heterocycles. The third-order valence-electron chi connectivity index (χ3n) is 3.52. The highest BCUT2D eigenvalue weighted by Crippen LogP contribution is 2.17. The van der Waals surface area contributed by atoms with E-state index >= 15 is 0 Å². The van der Waals surface area contributed by atoms with Gasteiger partial charge in [0.05, 0.1) is 12.1 Å². The number of aryl methyl sites for hydroxylation is 1. The van der Waals surface area contributed by atoms with Gasteiger partial charge in [0, 0.05) is 11.8 Å². The van der Waals surface area contributed by atoms with Gasteiger partial charge in [-0.3, -0.25) is 9.78 Å². The topological polar surface area (TPSA) is 30.0 Å². The second kappa shape index (κ2) is 5.25. The fraction of sp³-hybridized carbons (Fsp3) is 0.111. The van der Waals surface area contributed by atoms with Crippen molar-refractivity contribution < 1.29 is 4.79 Å². The molecule has 0 saturated heterocycles. The van der Waals surface area contributed by atoms with Crippen molar-refractivity contribution in [3.05, 3.63) is 77.6 Å². The molecule has 0 aliphatic rings. The van der Waals surface area contributed by atoms with Crippen LogP contribution in [0.1, 0.15) is 21.6 Å². The van der Waals surface area contributed by atoms with E-state index in [2.05, 4.69) is 4.98 Å². The van der Waals surface area contributed by atoms with Crippen molar-refractivity contribution in [1.82, 2.24) is 4.98 Å². The zero-order valence-electron chi connectivity index (χ0n) is 11.3. The van der Waals surface area contributed by atoms with Crippen molar-refractivity contribution in [3.8, 4) is 0 Å². The lowest BCUT2D eigenvalue weighted by molar-refractivity contribution is 0.0992. The first-order chi connectivity index (χ1) is 9.74. The first-order valence-electron chi connectivity index (χ1n) is 6.66. The molecule has 2 aromatic carbocycles. The predicted octanol–water partition coefficient (Wildman–Crippen LogP) is 3.97. The summed E-state index contributed by atoms with van der Waals surface area (Å²) in [5.74, 6) is 0.109. The third-order valence-corrected chi connectivity index (χ3v) is 3.52. The number of Topliss-reactive ketones (excluding diaryl/α,β-unsaturated/α-hetero) is 1. The van der Waals surface area contributed by atoms with Gasteiger partial charge in [0.1, 0.15) is 0 Å². The number of rotatable bonds is 3. The molecule has 0 unspecified atom stereocenters. The van der Waals surface area contributed by atoms with Crippen molar-refractivity contribution in [3.63, 3.8) is 0 Å². The monoisotopic (exact) mass is 261 g/mol. The van der Waals surface area contributed by atoms with Crippen LogP contribution in [-0.2, 0) is 6.42 Å². The van der Waals surface area contributed by atoms with Gasteiger partial charge in [-0.1, -0.05) is 42.5 Å². The zero-order chi connectivity index (χ0) is 13.9. The van der Waals surface area contributed by atoms with Gasteiger partial charge >= 0.3 is 0 Å². The van der Waals surface area contributed by atoms with Crippen LogP contribution in [0.3, 0.4) is 0 Å². The summed E-state index contributed by atoms with van der Waals surface area (Å²) in [6.07, 6.45) is 2.08. The summed E-state index contributed by atoms with van der Waals surface area (Å²) >= 11 is 0. The minimum Gasteiger partial charge on any atom is -0.294 e. The number of pyridine rings is 1. The van der Waals surface area contributed by atoms with Gasteiger partial charge in [0.2, 0.25) is 0 Å². The lowest BCUT2D eigenvalue weighted by Gasteiger charge is -2.05. The Morgan fingerprint density at radius 1 is 1.00 bits per heavy atom. The number of carbonyl (C=O) groups is 1. The van der Waals surface area contributed by atoms with Gasteiger partial charge in [-0.2, -0.15) is 0 Å². The van der Waals surface area contributed by atoms with E-state index in [1.54, 1.807) is 6.20 Å². The first kappa shape index (κ1) is 12.5. The average Bonchev–Trinajstić information content (AvgIpc) is 2.49. The maximum atomic E-state index is 12.4. The molecule has 0 N–H and O–H groups in total. The fourth-order valence-electron chi connectivity index (χ4n) is 2.32. The molecule has 0 radical (unpaired) electrons. The molecule has 0 fully saturated rings. The molecule has 3 aromatic rings. The highest BCUT2D eigenvalue weighted by Gasteiger charge is 2.10. The Balaban J connectivity index is 1.91. The van der Waals surface area contributed by atoms with Crippen molar-refractivity contribution in [2.45, 2.75) is 13.3 Å². The summed E-state index contributed by atoms with van der Waals surface area (Å²) < 4.78 is 0. The normalized spacial score (nSPS) is 10.7. The molecule has 98 valence electrons. The smallest absolute Gasteiger partial charge is 0.168 e. The molecule has 0 aliphatic carbocycles. The van der Waals surface area contributed by atoms with Crippen molar-refractivity contribution in [2.24, 2.45) is 0 Å². The lowest BCUT2D eigenvalue weighted by atomic mass is 10.0. The Kier molecular flexibility index (Phi) is 3.30. The van der Waals surface area contributed by atoms with Crippen molar-refractivity contribution in [1.29, 1.82) is 0 Å². The van der Waals surface area contributed by atoms with Crippen LogP contribution >= 0.6 is 0 Å². The average molecular weight is 261 g/mol. The standard InChI is InChI=1S/C18H15NO/c1-13-5-4-10-19-17(13)12-18(20)16-9-8-14-6-2-3-7-15(14)11-16/h2-11H,12H2,1H3. The molecular formula is C18H15NO. The molecule has 0 bridgehead atoms. The first-order valence-corrected chi connectivity index (χ1v) is 6.66. The Morgan fingerprint density at radius 2 is 1.80 bits per heavy atom. The summed E-state index contributed by atoms with van der Waals surface area (Å²) in [6, 6.07) is 17.8. The summed E-state index contributed by atoms with van der Waals surface area (Å²) in [6.45, 7) is 1.98. The van der Waals surface area contributed by atoms with Crippen LogP contribution in [0, 0.1) is 6.92 Å². The molecule has 2 heteroatoms. The van der Waals surface area contributed by atoms with E-state index in [-0.39, 0.29) is 5.78 Å². The van der Waals surface area contributed by atoms with E-state index in [1.807, 2.05) is 61.5 Å². The lowest BCUT2D eigenvalue weighted by Crippen LogP contribution is -2.06. The number of benzene rings is 2. The van der Waals surface area contributed by atoms with Gasteiger partial charge in [-0.25, -0.2) is 0 Å². The highest BCUT2D eigenvalue weighted by atomic mass is 16.1. The molecule has 0 saturated carbocycles. The summed E-state index contributed by atoms with van der Waals surface area (Å²) in [4.78, 5) is 16.7. The molecular weight excluding hydrogens is 246 g/mol. The molecule has 2 nitrogen and oxygen atoms in total. The quantitative estimate of drug-likeness (QED) is 0.668. The van der Waals surface area contributed by atoms with Crippen LogP contribution in [0.5, 0.6) is 0 Å². The summed E-state index contributed by atoms with van der Waals surface area (Å²) in [5.41, 5.74) is 2.65. The minimum atomic E-state index is 0.109. The van der Waals surface area contributed by atoms with Gasteiger partial charge in [-0.15, -0.1) is 0 Å². The summed E-state index contributed by atoms with van der Waals surface area (Å²) in [7, 11) is 0. The maximum Gasteiger partial charge on any atom is 0.168 e. The summed E-state index contributed by atoms with van der Waals surface area (Å²) in [5, 5.41) is 2.24. The molecule has 0 atom stereocenters. The molecule has 0 amide bonds. The van der Waals surface area contributed by atoms with Crippen molar-refractivity contribution in [2.75, 3.05) is 0 Å². The number of nitrogens with zero attached hydrogens (tertiary/aromatic N) is 1. The van der Waals surface area contributed by atoms with E-state index in [0.29, 0.717) is 6.42 Å².